The van der Waals surface area contributed by atoms with Gasteiger partial charge in [-0.05, 0) is 19.1 Å². The fourth-order valence-corrected chi connectivity index (χ4v) is 1.41. The summed E-state index contributed by atoms with van der Waals surface area (Å²) in [5.74, 6) is -1.49. The number of hydrogen-bond acceptors (Lipinski definition) is 3. The Morgan fingerprint density at radius 2 is 1.80 bits per heavy atom. The van der Waals surface area contributed by atoms with Gasteiger partial charge in [-0.1, -0.05) is 28.1 Å². The zero-order valence-corrected chi connectivity index (χ0v) is 10.1. The van der Waals surface area contributed by atoms with Gasteiger partial charge in [-0.25, -0.2) is 0 Å². The Hall–Kier alpha value is -1.16. The van der Waals surface area contributed by atoms with Crippen molar-refractivity contribution in [3.8, 4) is 0 Å². The second kappa shape index (κ2) is 5.07. The number of ketones is 1. The molecule has 80 valence electrons. The molecule has 0 bridgehead atoms. The van der Waals surface area contributed by atoms with Crippen LogP contribution in [0.5, 0.6) is 0 Å². The molecule has 0 aliphatic heterocycles. The molecule has 1 atom stereocenters. The summed E-state index contributed by atoms with van der Waals surface area (Å²) < 4.78 is 5.40. The molecule has 3 nitrogen and oxygen atoms in total. The van der Waals surface area contributed by atoms with Crippen LogP contribution in [0, 0.1) is 5.92 Å². The first kappa shape index (κ1) is 11.9. The van der Waals surface area contributed by atoms with E-state index in [0.717, 1.165) is 4.47 Å². The molecule has 0 aliphatic carbocycles. The Morgan fingerprint density at radius 3 is 2.27 bits per heavy atom. The number of carbonyl (C=O) groups excluding carboxylic acids is 2. The third-order valence-corrected chi connectivity index (χ3v) is 2.61. The van der Waals surface area contributed by atoms with Crippen LogP contribution in [0.25, 0.3) is 0 Å². The molecular formula is C11H11BrO3. The molecule has 0 aromatic heterocycles. The van der Waals surface area contributed by atoms with Crippen molar-refractivity contribution in [1.82, 2.24) is 0 Å². The topological polar surface area (TPSA) is 43.4 Å². The lowest BCUT2D eigenvalue weighted by Crippen LogP contribution is -2.22. The van der Waals surface area contributed by atoms with Gasteiger partial charge in [0.1, 0.15) is 5.92 Å². The standard InChI is InChI=1S/C11H11BrO3/c1-7(11(14)15-2)10(13)8-3-5-9(12)6-4-8/h3-7H,1-2H3. The van der Waals surface area contributed by atoms with Gasteiger partial charge in [-0.3, -0.25) is 9.59 Å². The number of Topliss-reactive ketones (excluding diaryl/α,β-unsaturated/α-hetero) is 1. The van der Waals surface area contributed by atoms with Gasteiger partial charge in [0, 0.05) is 10.0 Å². The van der Waals surface area contributed by atoms with Crippen LogP contribution in [-0.4, -0.2) is 18.9 Å². The summed E-state index contributed by atoms with van der Waals surface area (Å²) in [5.41, 5.74) is 0.510. The monoisotopic (exact) mass is 270 g/mol. The molecule has 0 saturated heterocycles. The quantitative estimate of drug-likeness (QED) is 0.482. The molecule has 0 radical (unpaired) electrons. The molecule has 0 saturated carbocycles. The summed E-state index contributed by atoms with van der Waals surface area (Å²) >= 11 is 3.27. The molecule has 4 heteroatoms. The van der Waals surface area contributed by atoms with Crippen LogP contribution in [0.15, 0.2) is 28.7 Å². The number of methoxy groups -OCH3 is 1. The molecule has 0 N–H and O–H groups in total. The van der Waals surface area contributed by atoms with Gasteiger partial charge in [0.25, 0.3) is 0 Å². The highest BCUT2D eigenvalue weighted by Gasteiger charge is 2.23. The molecule has 0 heterocycles. The second-order valence-corrected chi connectivity index (χ2v) is 4.03. The summed E-state index contributed by atoms with van der Waals surface area (Å²) in [7, 11) is 1.27. The first-order chi connectivity index (χ1) is 7.06. The minimum absolute atomic E-state index is 0.227. The van der Waals surface area contributed by atoms with Gasteiger partial charge in [-0.2, -0.15) is 0 Å². The Labute approximate surface area is 96.6 Å². The molecule has 0 fully saturated rings. The predicted molar refractivity (Wildman–Crippen MR) is 59.7 cm³/mol. The summed E-state index contributed by atoms with van der Waals surface area (Å²) in [6, 6.07) is 6.87. The van der Waals surface area contributed by atoms with Crippen LogP contribution < -0.4 is 0 Å². The largest absolute Gasteiger partial charge is 0.468 e. The SMILES string of the molecule is COC(=O)C(C)C(=O)c1ccc(Br)cc1. The number of hydrogen-bond donors (Lipinski definition) is 0. The van der Waals surface area contributed by atoms with Crippen LogP contribution in [0.2, 0.25) is 0 Å². The predicted octanol–water partition coefficient (Wildman–Crippen LogP) is 2.44. The second-order valence-electron chi connectivity index (χ2n) is 3.12. The Kier molecular flexibility index (Phi) is 4.03. The van der Waals surface area contributed by atoms with Crippen molar-refractivity contribution < 1.29 is 14.3 Å². The number of halogens is 1. The first-order valence-electron chi connectivity index (χ1n) is 4.44. The maximum Gasteiger partial charge on any atom is 0.316 e. The van der Waals surface area contributed by atoms with Crippen LogP contribution in [0.3, 0.4) is 0 Å². The van der Waals surface area contributed by atoms with Gasteiger partial charge in [-0.15, -0.1) is 0 Å². The van der Waals surface area contributed by atoms with Gasteiger partial charge in [0.05, 0.1) is 7.11 Å². The molecule has 0 spiro atoms. The van der Waals surface area contributed by atoms with E-state index < -0.39 is 11.9 Å². The molecule has 1 aromatic rings. The first-order valence-corrected chi connectivity index (χ1v) is 5.23. The Bertz CT molecular complexity index is 370. The van der Waals surface area contributed by atoms with E-state index in [9.17, 15) is 9.59 Å². The Morgan fingerprint density at radius 1 is 1.27 bits per heavy atom. The van der Waals surface area contributed by atoms with E-state index in [4.69, 9.17) is 0 Å². The van der Waals surface area contributed by atoms with Crippen LogP contribution in [0.4, 0.5) is 0 Å². The van der Waals surface area contributed by atoms with E-state index in [-0.39, 0.29) is 5.78 Å². The number of rotatable bonds is 3. The maximum absolute atomic E-state index is 11.7. The van der Waals surface area contributed by atoms with Gasteiger partial charge in [0.2, 0.25) is 0 Å². The van der Waals surface area contributed by atoms with E-state index in [1.54, 1.807) is 24.3 Å². The van der Waals surface area contributed by atoms with Crippen molar-refractivity contribution in [1.29, 1.82) is 0 Å². The van der Waals surface area contributed by atoms with E-state index in [1.807, 2.05) is 0 Å². The lowest BCUT2D eigenvalue weighted by Gasteiger charge is -2.07. The molecule has 0 aliphatic rings. The highest BCUT2D eigenvalue weighted by Crippen LogP contribution is 2.14. The Balaban J connectivity index is 2.85. The zero-order valence-electron chi connectivity index (χ0n) is 8.49. The van der Waals surface area contributed by atoms with Crippen LogP contribution in [-0.2, 0) is 9.53 Å². The van der Waals surface area contributed by atoms with Crippen molar-refractivity contribution in [2.45, 2.75) is 6.92 Å². The minimum atomic E-state index is -0.754. The van der Waals surface area contributed by atoms with E-state index in [0.29, 0.717) is 5.56 Å². The van der Waals surface area contributed by atoms with Gasteiger partial charge >= 0.3 is 5.97 Å². The molecule has 0 amide bonds. The molecular weight excluding hydrogens is 260 g/mol. The number of carbonyl (C=O) groups is 2. The average molecular weight is 271 g/mol. The zero-order chi connectivity index (χ0) is 11.4. The number of benzene rings is 1. The van der Waals surface area contributed by atoms with Crippen molar-refractivity contribution in [2.24, 2.45) is 5.92 Å². The normalized spacial score (nSPS) is 11.9. The highest BCUT2D eigenvalue weighted by molar-refractivity contribution is 9.10. The number of esters is 1. The summed E-state index contributed by atoms with van der Waals surface area (Å²) in [6.45, 7) is 1.54. The smallest absolute Gasteiger partial charge is 0.316 e. The van der Waals surface area contributed by atoms with E-state index in [1.165, 1.54) is 14.0 Å². The lowest BCUT2D eigenvalue weighted by atomic mass is 10.00. The average Bonchev–Trinajstić information content (AvgIpc) is 2.27. The van der Waals surface area contributed by atoms with Crippen molar-refractivity contribution in [2.75, 3.05) is 7.11 Å². The summed E-state index contributed by atoms with van der Waals surface area (Å²) in [5, 5.41) is 0. The van der Waals surface area contributed by atoms with Gasteiger partial charge < -0.3 is 4.74 Å². The van der Waals surface area contributed by atoms with E-state index in [2.05, 4.69) is 20.7 Å². The van der Waals surface area contributed by atoms with E-state index >= 15 is 0 Å². The van der Waals surface area contributed by atoms with Crippen LogP contribution in [0.1, 0.15) is 17.3 Å². The van der Waals surface area contributed by atoms with Gasteiger partial charge in [0.15, 0.2) is 5.78 Å². The fraction of sp³-hybridized carbons (Fsp3) is 0.273. The molecule has 1 rings (SSSR count). The lowest BCUT2D eigenvalue weighted by molar-refractivity contribution is -0.143. The third-order valence-electron chi connectivity index (χ3n) is 2.08. The maximum atomic E-state index is 11.7. The molecule has 1 aromatic carbocycles. The van der Waals surface area contributed by atoms with Crippen LogP contribution >= 0.6 is 15.9 Å². The summed E-state index contributed by atoms with van der Waals surface area (Å²) in [6.07, 6.45) is 0. The number of ether oxygens (including phenoxy) is 1. The van der Waals surface area contributed by atoms with Crippen molar-refractivity contribution in [3.05, 3.63) is 34.3 Å². The van der Waals surface area contributed by atoms with Crippen molar-refractivity contribution in [3.63, 3.8) is 0 Å². The van der Waals surface area contributed by atoms with Crippen molar-refractivity contribution >= 4 is 27.7 Å². The highest BCUT2D eigenvalue weighted by atomic mass is 79.9. The fourth-order valence-electron chi connectivity index (χ4n) is 1.15. The minimum Gasteiger partial charge on any atom is -0.468 e. The summed E-state index contributed by atoms with van der Waals surface area (Å²) in [4.78, 5) is 22.9. The molecule has 1 unspecified atom stereocenters. The molecule has 15 heavy (non-hydrogen) atoms. The third kappa shape index (κ3) is 2.89.